The van der Waals surface area contributed by atoms with Gasteiger partial charge >= 0.3 is 6.03 Å². The van der Waals surface area contributed by atoms with E-state index in [9.17, 15) is 4.79 Å². The van der Waals surface area contributed by atoms with Crippen LogP contribution in [0.2, 0.25) is 0 Å². The molecule has 0 bridgehead atoms. The van der Waals surface area contributed by atoms with Crippen LogP contribution in [0.15, 0.2) is 54.6 Å². The van der Waals surface area contributed by atoms with Gasteiger partial charge in [-0.25, -0.2) is 4.79 Å². The van der Waals surface area contributed by atoms with Gasteiger partial charge in [-0.15, -0.1) is 0 Å². The Morgan fingerprint density at radius 2 is 1.88 bits per heavy atom. The Labute approximate surface area is 149 Å². The highest BCUT2D eigenvalue weighted by atomic mass is 16.5. The van der Waals surface area contributed by atoms with Gasteiger partial charge in [0.05, 0.1) is 20.2 Å². The van der Waals surface area contributed by atoms with Crippen LogP contribution in [-0.2, 0) is 6.54 Å². The van der Waals surface area contributed by atoms with Crippen LogP contribution < -0.4 is 20.3 Å². The first kappa shape index (κ1) is 17.3. The molecule has 0 radical (unpaired) electrons. The number of hydrogen-bond donors (Lipinski definition) is 3. The van der Waals surface area contributed by atoms with E-state index in [1.165, 1.54) is 5.56 Å². The van der Waals surface area contributed by atoms with Crippen LogP contribution >= 0.6 is 0 Å². The van der Waals surface area contributed by atoms with E-state index in [1.807, 2.05) is 24.3 Å². The highest BCUT2D eigenvalue weighted by Crippen LogP contribution is 2.16. The predicted octanol–water partition coefficient (Wildman–Crippen LogP) is 2.06. The van der Waals surface area contributed by atoms with Crippen molar-refractivity contribution in [2.24, 2.45) is 0 Å². The molecule has 3 N–H and O–H groups in total. The molecule has 0 spiro atoms. The fourth-order valence-corrected chi connectivity index (χ4v) is 3.29. The van der Waals surface area contributed by atoms with E-state index in [-0.39, 0.29) is 12.1 Å². The van der Waals surface area contributed by atoms with Crippen molar-refractivity contribution in [3.05, 3.63) is 60.2 Å². The first-order valence-electron chi connectivity index (χ1n) is 8.82. The maximum absolute atomic E-state index is 12.2. The first-order valence-corrected chi connectivity index (χ1v) is 8.82. The van der Waals surface area contributed by atoms with Gasteiger partial charge in [0.1, 0.15) is 12.3 Å². The molecular weight excluding hydrogens is 314 g/mol. The van der Waals surface area contributed by atoms with Gasteiger partial charge in [-0.05, 0) is 12.1 Å². The summed E-state index contributed by atoms with van der Waals surface area (Å²) >= 11 is 0. The summed E-state index contributed by atoms with van der Waals surface area (Å²) in [6.07, 6.45) is 2.02. The molecule has 1 aliphatic rings. The van der Waals surface area contributed by atoms with E-state index < -0.39 is 0 Å². The van der Waals surface area contributed by atoms with Crippen LogP contribution in [0.5, 0.6) is 5.75 Å². The fraction of sp³-hybridized carbons (Fsp3) is 0.350. The Kier molecular flexibility index (Phi) is 5.90. The number of methoxy groups -OCH3 is 1. The molecule has 1 fully saturated rings. The molecule has 0 atom stereocenters. The number of hydrogen-bond acceptors (Lipinski definition) is 2. The number of quaternary nitrogens is 1. The summed E-state index contributed by atoms with van der Waals surface area (Å²) in [6.45, 7) is 3.22. The number of ether oxygens (including phenoxy) is 1. The minimum atomic E-state index is -0.148. The maximum Gasteiger partial charge on any atom is 0.319 e. The van der Waals surface area contributed by atoms with Crippen molar-refractivity contribution in [3.63, 3.8) is 0 Å². The third-order valence-electron chi connectivity index (χ3n) is 4.65. The monoisotopic (exact) mass is 340 g/mol. The molecule has 0 aromatic heterocycles. The van der Waals surface area contributed by atoms with Gasteiger partial charge < -0.3 is 20.3 Å². The van der Waals surface area contributed by atoms with E-state index in [0.29, 0.717) is 0 Å². The second-order valence-electron chi connectivity index (χ2n) is 6.52. The van der Waals surface area contributed by atoms with E-state index in [1.54, 1.807) is 12.0 Å². The average molecular weight is 340 g/mol. The van der Waals surface area contributed by atoms with Gasteiger partial charge in [-0.2, -0.15) is 0 Å². The van der Waals surface area contributed by atoms with Gasteiger partial charge in [0.2, 0.25) is 0 Å². The summed E-state index contributed by atoms with van der Waals surface area (Å²) in [5, 5.41) is 5.96. The summed E-state index contributed by atoms with van der Waals surface area (Å²) in [5.41, 5.74) is 2.11. The van der Waals surface area contributed by atoms with Crippen molar-refractivity contribution in [3.8, 4) is 5.75 Å². The van der Waals surface area contributed by atoms with Crippen molar-refractivity contribution in [2.75, 3.05) is 25.5 Å². The average Bonchev–Trinajstić information content (AvgIpc) is 2.64. The molecule has 2 aromatic rings. The Bertz CT molecular complexity index is 682. The lowest BCUT2D eigenvalue weighted by Crippen LogP contribution is -3.12. The van der Waals surface area contributed by atoms with E-state index in [4.69, 9.17) is 4.74 Å². The Hall–Kier alpha value is -2.53. The van der Waals surface area contributed by atoms with Gasteiger partial charge in [-0.3, -0.25) is 0 Å². The van der Waals surface area contributed by atoms with Crippen LogP contribution in [0.25, 0.3) is 0 Å². The molecule has 3 rings (SSSR count). The van der Waals surface area contributed by atoms with Crippen LogP contribution in [-0.4, -0.2) is 32.3 Å². The lowest BCUT2D eigenvalue weighted by Gasteiger charge is -2.29. The van der Waals surface area contributed by atoms with Crippen molar-refractivity contribution in [2.45, 2.75) is 25.4 Å². The van der Waals surface area contributed by atoms with E-state index >= 15 is 0 Å². The number of benzene rings is 2. The normalized spacial score (nSPS) is 19.9. The zero-order valence-corrected chi connectivity index (χ0v) is 14.6. The predicted molar refractivity (Wildman–Crippen MR) is 99.0 cm³/mol. The molecule has 0 aliphatic carbocycles. The lowest BCUT2D eigenvalue weighted by molar-refractivity contribution is -0.918. The molecule has 2 aromatic carbocycles. The van der Waals surface area contributed by atoms with E-state index in [2.05, 4.69) is 41.0 Å². The van der Waals surface area contributed by atoms with Crippen molar-refractivity contribution < 1.29 is 14.4 Å². The van der Waals surface area contributed by atoms with Crippen LogP contribution in [0, 0.1) is 0 Å². The first-order chi connectivity index (χ1) is 12.2. The molecule has 1 saturated heterocycles. The van der Waals surface area contributed by atoms with Crippen LogP contribution in [0.3, 0.4) is 0 Å². The Morgan fingerprint density at radius 3 is 2.60 bits per heavy atom. The summed E-state index contributed by atoms with van der Waals surface area (Å²) in [7, 11) is 1.62. The number of rotatable bonds is 5. The highest BCUT2D eigenvalue weighted by Gasteiger charge is 2.23. The topological polar surface area (TPSA) is 54.8 Å². The molecule has 2 amide bonds. The third-order valence-corrected chi connectivity index (χ3v) is 4.65. The molecule has 5 heteroatoms. The Morgan fingerprint density at radius 1 is 1.12 bits per heavy atom. The second-order valence-corrected chi connectivity index (χ2v) is 6.52. The number of piperidine rings is 1. The molecule has 132 valence electrons. The Balaban J connectivity index is 1.43. The molecule has 1 aliphatic heterocycles. The zero-order chi connectivity index (χ0) is 17.5. The van der Waals surface area contributed by atoms with Gasteiger partial charge in [0.15, 0.2) is 0 Å². The largest absolute Gasteiger partial charge is 0.497 e. The molecule has 1 heterocycles. The molecule has 0 unspecified atom stereocenters. The smallest absolute Gasteiger partial charge is 0.319 e. The van der Waals surface area contributed by atoms with E-state index in [0.717, 1.165) is 43.9 Å². The minimum Gasteiger partial charge on any atom is -0.497 e. The van der Waals surface area contributed by atoms with Crippen LogP contribution in [0.1, 0.15) is 18.4 Å². The number of carbonyl (C=O) groups excluding carboxylic acids is 1. The third kappa shape index (κ3) is 5.22. The quantitative estimate of drug-likeness (QED) is 0.780. The number of carbonyl (C=O) groups is 1. The second kappa shape index (κ2) is 8.53. The zero-order valence-electron chi connectivity index (χ0n) is 14.6. The molecule has 5 nitrogen and oxygen atoms in total. The number of amides is 2. The summed E-state index contributed by atoms with van der Waals surface area (Å²) in [4.78, 5) is 13.8. The summed E-state index contributed by atoms with van der Waals surface area (Å²) in [6, 6.07) is 18.1. The number of nitrogens with one attached hydrogen (secondary N) is 3. The van der Waals surface area contributed by atoms with Gasteiger partial charge in [-0.1, -0.05) is 36.4 Å². The number of likely N-dealkylation sites (tertiary alicyclic amines) is 1. The standard InChI is InChI=1S/C20H25N3O2/c1-25-19-9-5-8-18(14-19)22-20(24)21-17-10-12-23(13-11-17)15-16-6-3-2-4-7-16/h2-9,14,17H,10-13,15H2,1H3,(H2,21,22,24)/p+1. The van der Waals surface area contributed by atoms with Crippen molar-refractivity contribution in [1.29, 1.82) is 0 Å². The molecule has 0 saturated carbocycles. The SMILES string of the molecule is COc1cccc(NC(=O)NC2CC[NH+](Cc3ccccc3)CC2)c1. The summed E-state index contributed by atoms with van der Waals surface area (Å²) in [5.74, 6) is 0.732. The van der Waals surface area contributed by atoms with Crippen molar-refractivity contribution >= 4 is 11.7 Å². The van der Waals surface area contributed by atoms with Gasteiger partial charge in [0.25, 0.3) is 0 Å². The molecular formula is C20H26N3O2+. The number of anilines is 1. The lowest BCUT2D eigenvalue weighted by atomic mass is 10.0. The fourth-order valence-electron chi connectivity index (χ4n) is 3.29. The van der Waals surface area contributed by atoms with Crippen LogP contribution in [0.4, 0.5) is 10.5 Å². The molecule has 25 heavy (non-hydrogen) atoms. The highest BCUT2D eigenvalue weighted by molar-refractivity contribution is 5.89. The minimum absolute atomic E-state index is 0.148. The maximum atomic E-state index is 12.2. The van der Waals surface area contributed by atoms with Crippen molar-refractivity contribution in [1.82, 2.24) is 5.32 Å². The van der Waals surface area contributed by atoms with Gasteiger partial charge in [0, 0.05) is 36.2 Å². The summed E-state index contributed by atoms with van der Waals surface area (Å²) < 4.78 is 5.17. The number of urea groups is 1.